The third-order valence-corrected chi connectivity index (χ3v) is 5.83. The zero-order valence-electron chi connectivity index (χ0n) is 16.7. The number of aromatic nitrogens is 2. The predicted molar refractivity (Wildman–Crippen MR) is 125 cm³/mol. The number of allylic oxidation sites excluding steroid dienone is 3. The molecule has 0 spiro atoms. The van der Waals surface area contributed by atoms with E-state index in [-0.39, 0.29) is 12.8 Å². The molecule has 0 saturated heterocycles. The van der Waals surface area contributed by atoms with E-state index in [4.69, 9.17) is 33.2 Å². The number of pyridine rings is 2. The van der Waals surface area contributed by atoms with Crippen molar-refractivity contribution in [2.45, 2.75) is 24.3 Å². The Labute approximate surface area is 194 Å². The Morgan fingerprint density at radius 1 is 1.00 bits per heavy atom. The molecule has 2 N–H and O–H groups in total. The maximum absolute atomic E-state index is 9.65. The molecule has 0 amide bonds. The maximum atomic E-state index is 9.65. The fourth-order valence-electron chi connectivity index (χ4n) is 3.41. The van der Waals surface area contributed by atoms with Crippen LogP contribution in [0.5, 0.6) is 0 Å². The van der Waals surface area contributed by atoms with E-state index in [1.807, 2.05) is 0 Å². The lowest BCUT2D eigenvalue weighted by molar-refractivity contribution is 0.317. The first-order valence-electron chi connectivity index (χ1n) is 9.70. The molecular formula is C22H18Cl2N6O2. The Bertz CT molecular complexity index is 1170. The highest BCUT2D eigenvalue weighted by Crippen LogP contribution is 2.29. The van der Waals surface area contributed by atoms with Crippen LogP contribution in [0.15, 0.2) is 92.2 Å². The van der Waals surface area contributed by atoms with E-state index in [9.17, 15) is 10.4 Å². The van der Waals surface area contributed by atoms with Crippen molar-refractivity contribution in [2.24, 2.45) is 20.3 Å². The normalized spacial score (nSPS) is 21.2. The van der Waals surface area contributed by atoms with E-state index in [0.29, 0.717) is 44.7 Å². The molecule has 1 aliphatic heterocycles. The molecule has 2 aromatic heterocycles. The van der Waals surface area contributed by atoms with E-state index in [0.717, 1.165) is 0 Å². The summed E-state index contributed by atoms with van der Waals surface area (Å²) in [7, 11) is 0. The Balaban J connectivity index is 1.69. The summed E-state index contributed by atoms with van der Waals surface area (Å²) in [5, 5.41) is 26.2. The molecule has 0 aromatic carbocycles. The summed E-state index contributed by atoms with van der Waals surface area (Å²) in [6.07, 6.45) is 10.4. The molecule has 0 saturated carbocycles. The summed E-state index contributed by atoms with van der Waals surface area (Å²) in [4.78, 5) is 17.7. The van der Waals surface area contributed by atoms with Crippen molar-refractivity contribution >= 4 is 46.0 Å². The fraction of sp³-hybridized carbons (Fsp3) is 0.182. The minimum absolute atomic E-state index is 0.205. The molecule has 0 fully saturated rings. The molecule has 2 atom stereocenters. The summed E-state index contributed by atoms with van der Waals surface area (Å²) < 4.78 is 0. The Morgan fingerprint density at radius 3 is 2.25 bits per heavy atom. The number of hydrogen-bond donors (Lipinski definition) is 2. The maximum Gasteiger partial charge on any atom is 0.0949 e. The van der Waals surface area contributed by atoms with Crippen molar-refractivity contribution in [1.29, 1.82) is 0 Å². The van der Waals surface area contributed by atoms with E-state index in [2.05, 4.69) is 20.3 Å². The lowest BCUT2D eigenvalue weighted by atomic mass is 9.93. The SMILES string of the molecule is O/N=C(/CC1=NC2=CC(Cl)C(Cl)=CC2=NC1C/C(=N/O)c1cccnc1)c1cccnc1. The topological polar surface area (TPSA) is 116 Å². The highest BCUT2D eigenvalue weighted by molar-refractivity contribution is 6.41. The van der Waals surface area contributed by atoms with Gasteiger partial charge in [0.2, 0.25) is 0 Å². The first-order chi connectivity index (χ1) is 15.6. The van der Waals surface area contributed by atoms with E-state index in [1.54, 1.807) is 61.2 Å². The van der Waals surface area contributed by atoms with Gasteiger partial charge in [-0.05, 0) is 36.4 Å². The lowest BCUT2D eigenvalue weighted by Gasteiger charge is -2.25. The van der Waals surface area contributed by atoms with Crippen molar-refractivity contribution in [3.05, 3.63) is 83.1 Å². The summed E-state index contributed by atoms with van der Waals surface area (Å²) in [5.41, 5.74) is 3.91. The average Bonchev–Trinajstić information content (AvgIpc) is 2.83. The molecule has 2 unspecified atom stereocenters. The third kappa shape index (κ3) is 4.76. The standard InChI is InChI=1S/C22H18Cl2N6O2/c23-15-7-19-20(8-16(15)24)28-22(10-18(30-32)14-4-2-6-26-12-14)21(27-19)9-17(29-31)13-3-1-5-25-11-13/h1-8,11-12,15,22,31-32H,9-10H2/b29-17-,30-18-. The van der Waals surface area contributed by atoms with Crippen LogP contribution in [0, 0.1) is 0 Å². The van der Waals surface area contributed by atoms with Gasteiger partial charge in [-0.3, -0.25) is 20.0 Å². The molecule has 4 rings (SSSR count). The number of oxime groups is 2. The number of aliphatic imine (C=N–C) groups is 2. The molecule has 3 heterocycles. The molecule has 0 bridgehead atoms. The molecule has 1 aliphatic carbocycles. The van der Waals surface area contributed by atoms with Gasteiger partial charge in [0, 0.05) is 59.5 Å². The monoisotopic (exact) mass is 468 g/mol. The van der Waals surface area contributed by atoms with Crippen LogP contribution in [0.3, 0.4) is 0 Å². The molecule has 2 aliphatic rings. The van der Waals surface area contributed by atoms with Crippen molar-refractivity contribution in [1.82, 2.24) is 9.97 Å². The molecule has 0 radical (unpaired) electrons. The van der Waals surface area contributed by atoms with Gasteiger partial charge in [0.15, 0.2) is 0 Å². The Morgan fingerprint density at radius 2 is 1.66 bits per heavy atom. The second-order valence-corrected chi connectivity index (χ2v) is 7.98. The zero-order valence-corrected chi connectivity index (χ0v) is 18.2. The first kappa shape index (κ1) is 21.9. The van der Waals surface area contributed by atoms with Crippen LogP contribution in [0.4, 0.5) is 0 Å². The second kappa shape index (κ2) is 9.84. The van der Waals surface area contributed by atoms with Gasteiger partial charge in [-0.15, -0.1) is 11.6 Å². The summed E-state index contributed by atoms with van der Waals surface area (Å²) in [6.45, 7) is 0. The van der Waals surface area contributed by atoms with Crippen LogP contribution in [-0.4, -0.2) is 54.6 Å². The summed E-state index contributed by atoms with van der Waals surface area (Å²) >= 11 is 12.5. The van der Waals surface area contributed by atoms with E-state index >= 15 is 0 Å². The Kier molecular flexibility index (Phi) is 6.72. The van der Waals surface area contributed by atoms with Gasteiger partial charge in [0.05, 0.1) is 34.3 Å². The lowest BCUT2D eigenvalue weighted by Crippen LogP contribution is -2.31. The predicted octanol–water partition coefficient (Wildman–Crippen LogP) is 4.21. The zero-order chi connectivity index (χ0) is 22.5. The smallest absolute Gasteiger partial charge is 0.0949 e. The molecule has 2 aromatic rings. The Hall–Kier alpha value is -3.36. The minimum atomic E-state index is -0.499. The van der Waals surface area contributed by atoms with Gasteiger partial charge < -0.3 is 10.4 Å². The average molecular weight is 469 g/mol. The van der Waals surface area contributed by atoms with E-state index < -0.39 is 11.4 Å². The molecule has 162 valence electrons. The number of halogens is 2. The van der Waals surface area contributed by atoms with Gasteiger partial charge in [-0.25, -0.2) is 0 Å². The quantitative estimate of drug-likeness (QED) is 0.285. The number of rotatable bonds is 6. The number of hydrogen-bond acceptors (Lipinski definition) is 8. The van der Waals surface area contributed by atoms with Crippen LogP contribution in [0.1, 0.15) is 24.0 Å². The van der Waals surface area contributed by atoms with Crippen LogP contribution in [0.25, 0.3) is 0 Å². The van der Waals surface area contributed by atoms with Crippen LogP contribution in [-0.2, 0) is 0 Å². The molecular weight excluding hydrogens is 451 g/mol. The molecule has 8 nitrogen and oxygen atoms in total. The van der Waals surface area contributed by atoms with Crippen LogP contribution < -0.4 is 0 Å². The van der Waals surface area contributed by atoms with Crippen molar-refractivity contribution in [2.75, 3.05) is 0 Å². The van der Waals surface area contributed by atoms with Crippen molar-refractivity contribution in [3.63, 3.8) is 0 Å². The molecule has 32 heavy (non-hydrogen) atoms. The number of alkyl halides is 1. The number of nitrogens with zero attached hydrogens (tertiary/aromatic N) is 6. The van der Waals surface area contributed by atoms with Gasteiger partial charge in [-0.1, -0.05) is 21.9 Å². The summed E-state index contributed by atoms with van der Waals surface area (Å²) in [5.74, 6) is 0. The van der Waals surface area contributed by atoms with E-state index in [1.165, 1.54) is 0 Å². The van der Waals surface area contributed by atoms with Gasteiger partial charge in [0.1, 0.15) is 0 Å². The largest absolute Gasteiger partial charge is 0.411 e. The van der Waals surface area contributed by atoms with Gasteiger partial charge in [-0.2, -0.15) is 0 Å². The van der Waals surface area contributed by atoms with Gasteiger partial charge in [0.25, 0.3) is 0 Å². The highest BCUT2D eigenvalue weighted by Gasteiger charge is 2.29. The number of fused-ring (bicyclic) bond motifs is 1. The van der Waals surface area contributed by atoms with Gasteiger partial charge >= 0.3 is 0 Å². The highest BCUT2D eigenvalue weighted by atomic mass is 35.5. The third-order valence-electron chi connectivity index (χ3n) is 5.01. The van der Waals surface area contributed by atoms with Crippen molar-refractivity contribution in [3.8, 4) is 0 Å². The second-order valence-electron chi connectivity index (χ2n) is 7.07. The first-order valence-corrected chi connectivity index (χ1v) is 10.5. The van der Waals surface area contributed by atoms with Crippen LogP contribution in [0.2, 0.25) is 0 Å². The summed E-state index contributed by atoms with van der Waals surface area (Å²) in [6, 6.07) is 6.61. The van der Waals surface area contributed by atoms with Crippen LogP contribution >= 0.6 is 23.2 Å². The minimum Gasteiger partial charge on any atom is -0.411 e. The fourth-order valence-corrected chi connectivity index (χ4v) is 3.76. The van der Waals surface area contributed by atoms with Crippen molar-refractivity contribution < 1.29 is 10.4 Å². The molecule has 10 heteroatoms.